The summed E-state index contributed by atoms with van der Waals surface area (Å²) in [5, 5.41) is 14.5. The molecule has 9 heteroatoms. The zero-order valence-corrected chi connectivity index (χ0v) is 22.7. The van der Waals surface area contributed by atoms with E-state index in [1.165, 1.54) is 6.21 Å². The van der Waals surface area contributed by atoms with Gasteiger partial charge in [-0.2, -0.15) is 10.4 Å². The van der Waals surface area contributed by atoms with Gasteiger partial charge in [-0.1, -0.05) is 58.4 Å². The summed E-state index contributed by atoms with van der Waals surface area (Å²) in [7, 11) is 1.55. The number of fused-ring (bicyclic) bond motifs is 1. The predicted molar refractivity (Wildman–Crippen MR) is 156 cm³/mol. The third kappa shape index (κ3) is 5.48. The highest BCUT2D eigenvalue weighted by molar-refractivity contribution is 9.10. The van der Waals surface area contributed by atoms with Crippen molar-refractivity contribution in [1.82, 2.24) is 10.4 Å². The van der Waals surface area contributed by atoms with Gasteiger partial charge in [-0.3, -0.25) is 4.79 Å². The Morgan fingerprint density at radius 1 is 1.00 bits per heavy atom. The van der Waals surface area contributed by atoms with E-state index in [4.69, 9.17) is 9.47 Å². The Morgan fingerprint density at radius 2 is 1.77 bits per heavy atom. The second kappa shape index (κ2) is 11.7. The molecule has 0 fully saturated rings. The molecule has 8 nitrogen and oxygen atoms in total. The third-order valence-electron chi connectivity index (χ3n) is 6.11. The molecule has 40 heavy (non-hydrogen) atoms. The number of nitrogens with one attached hydrogen (secondary N) is 2. The molecule has 0 saturated heterocycles. The second-order valence-corrected chi connectivity index (χ2v) is 9.50. The van der Waals surface area contributed by atoms with Crippen LogP contribution < -0.4 is 14.9 Å². The largest absolute Gasteiger partial charge is 0.497 e. The summed E-state index contributed by atoms with van der Waals surface area (Å²) in [6.45, 7) is 0. The van der Waals surface area contributed by atoms with Gasteiger partial charge in [0.25, 0.3) is 5.91 Å². The molecule has 2 N–H and O–H groups in total. The standard InChI is InChI=1S/C31H21BrN4O4/c1-39-24-13-10-20(11-14-24)31(38)40-26-15-12-23(32)16-22(26)18-34-36-30(37)29-27(19-6-3-2-4-7-19)25-9-5-8-21(17-33)28(25)35-29/h2-16,18,35H,1H3,(H,36,37). The molecule has 5 aromatic rings. The van der Waals surface area contributed by atoms with Crippen LogP contribution in [0.1, 0.15) is 32.0 Å². The number of methoxy groups -OCH3 is 1. The fourth-order valence-electron chi connectivity index (χ4n) is 4.20. The van der Waals surface area contributed by atoms with Gasteiger partial charge in [0.2, 0.25) is 0 Å². The van der Waals surface area contributed by atoms with E-state index in [0.717, 1.165) is 15.4 Å². The van der Waals surface area contributed by atoms with Crippen molar-refractivity contribution in [3.05, 3.63) is 118 Å². The summed E-state index contributed by atoms with van der Waals surface area (Å²) < 4.78 is 11.5. The van der Waals surface area contributed by atoms with Gasteiger partial charge in [0, 0.05) is 21.0 Å². The number of esters is 1. The Balaban J connectivity index is 1.41. The summed E-state index contributed by atoms with van der Waals surface area (Å²) in [5.41, 5.74) is 6.10. The van der Waals surface area contributed by atoms with Crippen LogP contribution in [0.25, 0.3) is 22.0 Å². The lowest BCUT2D eigenvalue weighted by molar-refractivity contribution is 0.0734. The topological polar surface area (TPSA) is 117 Å². The first-order valence-electron chi connectivity index (χ1n) is 12.1. The van der Waals surface area contributed by atoms with Gasteiger partial charge >= 0.3 is 5.97 Å². The summed E-state index contributed by atoms with van der Waals surface area (Å²) in [6.07, 6.45) is 1.39. The summed E-state index contributed by atoms with van der Waals surface area (Å²) in [5.74, 6) is -0.168. The SMILES string of the molecule is COc1ccc(C(=O)Oc2ccc(Br)cc2C=NNC(=O)c2[nH]c3c(C#N)cccc3c2-c2ccccc2)cc1. The zero-order chi connectivity index (χ0) is 28.1. The predicted octanol–water partition coefficient (Wildman–Crippen LogP) is 6.46. The van der Waals surface area contributed by atoms with Crippen molar-refractivity contribution in [2.75, 3.05) is 7.11 Å². The number of nitrogens with zero attached hydrogens (tertiary/aromatic N) is 2. The van der Waals surface area contributed by atoms with Crippen molar-refractivity contribution in [2.45, 2.75) is 0 Å². The number of H-pyrrole nitrogens is 1. The van der Waals surface area contributed by atoms with Crippen molar-refractivity contribution < 1.29 is 19.1 Å². The van der Waals surface area contributed by atoms with Gasteiger partial charge < -0.3 is 14.5 Å². The molecular formula is C31H21BrN4O4. The summed E-state index contributed by atoms with van der Waals surface area (Å²) >= 11 is 3.41. The minimum atomic E-state index is -0.553. The van der Waals surface area contributed by atoms with E-state index in [1.807, 2.05) is 36.4 Å². The Morgan fingerprint density at radius 3 is 2.50 bits per heavy atom. The Kier molecular flexibility index (Phi) is 7.71. The molecule has 0 radical (unpaired) electrons. The Bertz CT molecular complexity index is 1790. The quantitative estimate of drug-likeness (QED) is 0.0973. The summed E-state index contributed by atoms with van der Waals surface area (Å²) in [6, 6.07) is 28.6. The van der Waals surface area contributed by atoms with Crippen LogP contribution in [-0.2, 0) is 0 Å². The molecular weight excluding hydrogens is 572 g/mol. The number of halogens is 1. The number of hydrogen-bond donors (Lipinski definition) is 2. The molecule has 5 rings (SSSR count). The molecule has 0 bridgehead atoms. The molecule has 0 aliphatic carbocycles. The van der Waals surface area contributed by atoms with Crippen molar-refractivity contribution in [3.63, 3.8) is 0 Å². The molecule has 196 valence electrons. The molecule has 0 saturated carbocycles. The molecule has 0 unspecified atom stereocenters. The maximum atomic E-state index is 13.3. The van der Waals surface area contributed by atoms with Gasteiger partial charge in [-0.15, -0.1) is 0 Å². The van der Waals surface area contributed by atoms with Crippen LogP contribution in [0.4, 0.5) is 0 Å². The molecule has 0 spiro atoms. The molecule has 1 heterocycles. The maximum Gasteiger partial charge on any atom is 0.343 e. The van der Waals surface area contributed by atoms with E-state index in [-0.39, 0.29) is 11.4 Å². The fraction of sp³-hybridized carbons (Fsp3) is 0.0323. The second-order valence-electron chi connectivity index (χ2n) is 8.58. The van der Waals surface area contributed by atoms with Crippen LogP contribution in [0.3, 0.4) is 0 Å². The van der Waals surface area contributed by atoms with Crippen molar-refractivity contribution in [3.8, 4) is 28.7 Å². The third-order valence-corrected chi connectivity index (χ3v) is 6.61. The number of ether oxygens (including phenoxy) is 2. The van der Waals surface area contributed by atoms with Gasteiger partial charge in [-0.25, -0.2) is 10.2 Å². The number of rotatable bonds is 7. The van der Waals surface area contributed by atoms with Crippen LogP contribution >= 0.6 is 15.9 Å². The first kappa shape index (κ1) is 26.4. The molecule has 4 aromatic carbocycles. The monoisotopic (exact) mass is 592 g/mol. The van der Waals surface area contributed by atoms with Crippen LogP contribution in [0.2, 0.25) is 0 Å². The number of benzene rings is 4. The van der Waals surface area contributed by atoms with Crippen molar-refractivity contribution in [2.24, 2.45) is 5.10 Å². The zero-order valence-electron chi connectivity index (χ0n) is 21.1. The highest BCUT2D eigenvalue weighted by Gasteiger charge is 2.20. The number of aromatic amines is 1. The smallest absolute Gasteiger partial charge is 0.343 e. The van der Waals surface area contributed by atoms with E-state index in [2.05, 4.69) is 37.5 Å². The van der Waals surface area contributed by atoms with Crippen LogP contribution in [0.5, 0.6) is 11.5 Å². The average molecular weight is 593 g/mol. The number of para-hydroxylation sites is 1. The van der Waals surface area contributed by atoms with E-state index in [1.54, 1.807) is 61.7 Å². The maximum absolute atomic E-state index is 13.3. The van der Waals surface area contributed by atoms with Gasteiger partial charge in [0.05, 0.1) is 30.0 Å². The lowest BCUT2D eigenvalue weighted by Crippen LogP contribution is -2.19. The summed E-state index contributed by atoms with van der Waals surface area (Å²) in [4.78, 5) is 29.1. The number of hydrazone groups is 1. The van der Waals surface area contributed by atoms with Crippen molar-refractivity contribution >= 4 is 44.9 Å². The lowest BCUT2D eigenvalue weighted by atomic mass is 10.0. The number of hydrogen-bond acceptors (Lipinski definition) is 6. The van der Waals surface area contributed by atoms with E-state index in [0.29, 0.717) is 33.5 Å². The average Bonchev–Trinajstić information content (AvgIpc) is 3.39. The van der Waals surface area contributed by atoms with Gasteiger partial charge in [0.15, 0.2) is 0 Å². The molecule has 0 atom stereocenters. The highest BCUT2D eigenvalue weighted by Crippen LogP contribution is 2.34. The van der Waals surface area contributed by atoms with Crippen molar-refractivity contribution in [1.29, 1.82) is 5.26 Å². The number of nitriles is 1. The molecule has 0 aliphatic rings. The highest BCUT2D eigenvalue weighted by atomic mass is 79.9. The van der Waals surface area contributed by atoms with Gasteiger partial charge in [-0.05, 0) is 54.1 Å². The Hall–Kier alpha value is -5.20. The van der Waals surface area contributed by atoms with E-state index < -0.39 is 11.9 Å². The van der Waals surface area contributed by atoms with E-state index >= 15 is 0 Å². The first-order chi connectivity index (χ1) is 19.5. The van der Waals surface area contributed by atoms with Crippen LogP contribution in [0, 0.1) is 11.3 Å². The minimum Gasteiger partial charge on any atom is -0.497 e. The lowest BCUT2D eigenvalue weighted by Gasteiger charge is -2.09. The number of amides is 1. The minimum absolute atomic E-state index is 0.260. The Labute approximate surface area is 238 Å². The first-order valence-corrected chi connectivity index (χ1v) is 12.9. The fourth-order valence-corrected chi connectivity index (χ4v) is 4.58. The number of aromatic nitrogens is 1. The number of carbonyl (C=O) groups excluding carboxylic acids is 2. The molecule has 1 amide bonds. The number of carbonyl (C=O) groups is 2. The molecule has 1 aromatic heterocycles. The molecule has 0 aliphatic heterocycles. The van der Waals surface area contributed by atoms with Crippen LogP contribution in [-0.4, -0.2) is 30.2 Å². The van der Waals surface area contributed by atoms with Gasteiger partial charge in [0.1, 0.15) is 23.3 Å². The van der Waals surface area contributed by atoms with E-state index in [9.17, 15) is 14.9 Å². The van der Waals surface area contributed by atoms with Crippen LogP contribution in [0.15, 0.2) is 101 Å². The normalized spacial score (nSPS) is 10.8.